The molecule has 3 aromatic rings. The molecule has 8 heteroatoms. The Labute approximate surface area is 172 Å². The monoisotopic (exact) mass is 415 g/mol. The van der Waals surface area contributed by atoms with Crippen molar-refractivity contribution < 1.29 is 23.4 Å². The maximum Gasteiger partial charge on any atom is 0.255 e. The van der Waals surface area contributed by atoms with Crippen LogP contribution in [0.2, 0.25) is 0 Å². The molecule has 158 valence electrons. The van der Waals surface area contributed by atoms with Gasteiger partial charge in [-0.1, -0.05) is 0 Å². The zero-order chi connectivity index (χ0) is 21.3. The number of hydrogen-bond donors (Lipinski definition) is 2. The summed E-state index contributed by atoms with van der Waals surface area (Å²) < 4.78 is 34.2. The van der Waals surface area contributed by atoms with Gasteiger partial charge in [0.2, 0.25) is 0 Å². The zero-order valence-corrected chi connectivity index (χ0v) is 16.6. The fourth-order valence-corrected chi connectivity index (χ4v) is 4.00. The van der Waals surface area contributed by atoms with Gasteiger partial charge in [-0.2, -0.15) is 5.10 Å². The van der Waals surface area contributed by atoms with E-state index in [0.29, 0.717) is 23.4 Å². The van der Waals surface area contributed by atoms with Gasteiger partial charge >= 0.3 is 0 Å². The van der Waals surface area contributed by atoms with E-state index in [2.05, 4.69) is 10.4 Å². The first kappa shape index (κ1) is 20.3. The number of fused-ring (bicyclic) bond motifs is 1. The summed E-state index contributed by atoms with van der Waals surface area (Å²) in [5, 5.41) is 17.5. The van der Waals surface area contributed by atoms with Crippen molar-refractivity contribution in [2.24, 2.45) is 5.92 Å². The van der Waals surface area contributed by atoms with E-state index in [9.17, 15) is 18.7 Å². The molecular formula is C22H23F2N3O3. The number of halogens is 2. The van der Waals surface area contributed by atoms with Gasteiger partial charge in [0.1, 0.15) is 17.4 Å². The maximum absolute atomic E-state index is 13.4. The van der Waals surface area contributed by atoms with E-state index in [1.165, 1.54) is 7.11 Å². The van der Waals surface area contributed by atoms with Gasteiger partial charge in [0, 0.05) is 35.9 Å². The van der Waals surface area contributed by atoms with Gasteiger partial charge in [0.05, 0.1) is 24.4 Å². The van der Waals surface area contributed by atoms with E-state index in [-0.39, 0.29) is 18.2 Å². The Morgan fingerprint density at radius 3 is 2.50 bits per heavy atom. The first-order chi connectivity index (χ1) is 14.5. The van der Waals surface area contributed by atoms with Crippen LogP contribution in [0.3, 0.4) is 0 Å². The number of amides is 1. The highest BCUT2D eigenvalue weighted by Gasteiger charge is 2.23. The van der Waals surface area contributed by atoms with E-state index >= 15 is 0 Å². The average molecular weight is 415 g/mol. The lowest BCUT2D eigenvalue weighted by molar-refractivity contribution is 0.102. The van der Waals surface area contributed by atoms with E-state index in [4.69, 9.17) is 4.74 Å². The molecule has 2 aromatic carbocycles. The molecule has 0 unspecified atom stereocenters. The van der Waals surface area contributed by atoms with Gasteiger partial charge in [0.25, 0.3) is 5.91 Å². The Morgan fingerprint density at radius 1 is 1.17 bits per heavy atom. The predicted octanol–water partition coefficient (Wildman–Crippen LogP) is 4.30. The highest BCUT2D eigenvalue weighted by atomic mass is 19.1. The standard InChI is InChI=1S/C22H23F2N3O3/c1-30-21-10-19-15(11-27(26-19)18-4-2-13(12-28)3-5-18)8-20(21)25-22(29)14-6-16(23)9-17(24)7-14/h6-11,13,18,28H,2-5,12H2,1H3,(H,25,29)/t13-,18-. The van der Waals surface area contributed by atoms with Crippen molar-refractivity contribution in [2.45, 2.75) is 31.7 Å². The number of aliphatic hydroxyl groups is 1. The highest BCUT2D eigenvalue weighted by molar-refractivity contribution is 6.06. The number of carbonyl (C=O) groups is 1. The number of anilines is 1. The largest absolute Gasteiger partial charge is 0.494 e. The first-order valence-electron chi connectivity index (χ1n) is 9.92. The van der Waals surface area contributed by atoms with Gasteiger partial charge in [-0.15, -0.1) is 0 Å². The van der Waals surface area contributed by atoms with Crippen LogP contribution >= 0.6 is 0 Å². The molecule has 0 radical (unpaired) electrons. The molecule has 2 N–H and O–H groups in total. The molecule has 30 heavy (non-hydrogen) atoms. The predicted molar refractivity (Wildman–Crippen MR) is 109 cm³/mol. The smallest absolute Gasteiger partial charge is 0.255 e. The number of methoxy groups -OCH3 is 1. The fraction of sp³-hybridized carbons (Fsp3) is 0.364. The molecule has 0 aliphatic heterocycles. The normalized spacial score (nSPS) is 19.1. The fourth-order valence-electron chi connectivity index (χ4n) is 4.00. The van der Waals surface area contributed by atoms with Gasteiger partial charge < -0.3 is 15.2 Å². The summed E-state index contributed by atoms with van der Waals surface area (Å²) in [5.74, 6) is -1.51. The lowest BCUT2D eigenvalue weighted by Gasteiger charge is -2.27. The number of carbonyl (C=O) groups excluding carboxylic acids is 1. The van der Waals surface area contributed by atoms with Gasteiger partial charge in [-0.3, -0.25) is 9.48 Å². The van der Waals surface area contributed by atoms with E-state index in [0.717, 1.165) is 48.7 Å². The van der Waals surface area contributed by atoms with Crippen molar-refractivity contribution in [2.75, 3.05) is 19.0 Å². The van der Waals surface area contributed by atoms with Crippen molar-refractivity contribution in [1.29, 1.82) is 0 Å². The summed E-state index contributed by atoms with van der Waals surface area (Å²) in [6.45, 7) is 0.225. The molecule has 1 aliphatic carbocycles. The lowest BCUT2D eigenvalue weighted by Crippen LogP contribution is -2.20. The van der Waals surface area contributed by atoms with Crippen LogP contribution in [-0.2, 0) is 0 Å². The number of benzene rings is 2. The van der Waals surface area contributed by atoms with Crippen LogP contribution in [0, 0.1) is 17.6 Å². The molecule has 0 bridgehead atoms. The third kappa shape index (κ3) is 4.14. The van der Waals surface area contributed by atoms with Crippen molar-refractivity contribution >= 4 is 22.5 Å². The van der Waals surface area contributed by atoms with Gasteiger partial charge in [0.15, 0.2) is 0 Å². The molecule has 6 nitrogen and oxygen atoms in total. The summed E-state index contributed by atoms with van der Waals surface area (Å²) in [6.07, 6.45) is 5.75. The second kappa shape index (κ2) is 8.39. The minimum atomic E-state index is -0.820. The van der Waals surface area contributed by atoms with Crippen LogP contribution in [-0.4, -0.2) is 34.5 Å². The molecule has 1 fully saturated rings. The number of nitrogens with one attached hydrogen (secondary N) is 1. The van der Waals surface area contributed by atoms with Crippen LogP contribution in [0.5, 0.6) is 5.75 Å². The van der Waals surface area contributed by atoms with E-state index < -0.39 is 17.5 Å². The number of aromatic nitrogens is 2. The summed E-state index contributed by atoms with van der Waals surface area (Å²) in [5.41, 5.74) is 1.00. The minimum Gasteiger partial charge on any atom is -0.494 e. The molecule has 0 atom stereocenters. The summed E-state index contributed by atoms with van der Waals surface area (Å²) in [6, 6.07) is 6.40. The topological polar surface area (TPSA) is 76.4 Å². The van der Waals surface area contributed by atoms with Gasteiger partial charge in [-0.05, 0) is 49.8 Å². The quantitative estimate of drug-likeness (QED) is 0.652. The molecular weight excluding hydrogens is 392 g/mol. The van der Waals surface area contributed by atoms with Crippen LogP contribution in [0.1, 0.15) is 42.1 Å². The number of rotatable bonds is 5. The van der Waals surface area contributed by atoms with Crippen LogP contribution < -0.4 is 10.1 Å². The highest BCUT2D eigenvalue weighted by Crippen LogP contribution is 2.35. The minimum absolute atomic E-state index is 0.119. The second-order valence-corrected chi connectivity index (χ2v) is 7.69. The molecule has 1 aliphatic rings. The van der Waals surface area contributed by atoms with Crippen molar-refractivity contribution in [1.82, 2.24) is 9.78 Å². The molecule has 0 saturated heterocycles. The SMILES string of the molecule is COc1cc2nn([C@H]3CC[C@H](CO)CC3)cc2cc1NC(=O)c1cc(F)cc(F)c1. The molecule has 0 spiro atoms. The van der Waals surface area contributed by atoms with E-state index in [1.807, 2.05) is 10.9 Å². The van der Waals surface area contributed by atoms with Crippen LogP contribution in [0.4, 0.5) is 14.5 Å². The molecule has 1 amide bonds. The molecule has 1 heterocycles. The molecule has 4 rings (SSSR count). The van der Waals surface area contributed by atoms with Crippen LogP contribution in [0.15, 0.2) is 36.5 Å². The Bertz CT molecular complexity index is 1050. The average Bonchev–Trinajstić information content (AvgIpc) is 3.15. The molecule has 1 saturated carbocycles. The summed E-state index contributed by atoms with van der Waals surface area (Å²) in [7, 11) is 1.48. The number of ether oxygens (including phenoxy) is 1. The maximum atomic E-state index is 13.4. The third-order valence-corrected chi connectivity index (χ3v) is 5.66. The number of hydrogen-bond acceptors (Lipinski definition) is 4. The van der Waals surface area contributed by atoms with Crippen molar-refractivity contribution in [3.05, 3.63) is 53.7 Å². The summed E-state index contributed by atoms with van der Waals surface area (Å²) >= 11 is 0. The van der Waals surface area contributed by atoms with Crippen molar-refractivity contribution in [3.8, 4) is 5.75 Å². The Hall–Kier alpha value is -3.00. The Morgan fingerprint density at radius 2 is 1.87 bits per heavy atom. The Kier molecular flexibility index (Phi) is 5.67. The van der Waals surface area contributed by atoms with Crippen molar-refractivity contribution in [3.63, 3.8) is 0 Å². The zero-order valence-electron chi connectivity index (χ0n) is 16.6. The number of aliphatic hydroxyl groups excluding tert-OH is 1. The van der Waals surface area contributed by atoms with Gasteiger partial charge in [-0.25, -0.2) is 8.78 Å². The number of nitrogens with zero attached hydrogens (tertiary/aromatic N) is 2. The molecule has 1 aromatic heterocycles. The van der Waals surface area contributed by atoms with Crippen LogP contribution in [0.25, 0.3) is 10.9 Å². The summed E-state index contributed by atoms with van der Waals surface area (Å²) in [4.78, 5) is 12.5. The second-order valence-electron chi connectivity index (χ2n) is 7.69. The third-order valence-electron chi connectivity index (χ3n) is 5.66. The van der Waals surface area contributed by atoms with E-state index in [1.54, 1.807) is 12.1 Å². The first-order valence-corrected chi connectivity index (χ1v) is 9.92. The Balaban J connectivity index is 1.59. The lowest BCUT2D eigenvalue weighted by atomic mass is 9.87.